The second-order valence-corrected chi connectivity index (χ2v) is 10.7. The van der Waals surface area contributed by atoms with Gasteiger partial charge in [-0.3, -0.25) is 9.59 Å². The molecule has 0 bridgehead atoms. The molecule has 0 fully saturated rings. The number of carbonyl (C=O) groups excluding carboxylic acids is 2. The van der Waals surface area contributed by atoms with Gasteiger partial charge in [0.15, 0.2) is 0 Å². The summed E-state index contributed by atoms with van der Waals surface area (Å²) in [5, 5.41) is 5.86. The lowest BCUT2D eigenvalue weighted by molar-refractivity contribution is -0.122. The average Bonchev–Trinajstić information content (AvgIpc) is 3.44. The fraction of sp³-hybridized carbons (Fsp3) is 0.200. The molecule has 1 atom stereocenters. The maximum atomic E-state index is 13.8. The third-order valence-electron chi connectivity index (χ3n) is 5.47. The molecular weight excluding hydrogens is 490 g/mol. The number of halogens is 1. The fourth-order valence-electron chi connectivity index (χ4n) is 3.86. The highest BCUT2D eigenvalue weighted by molar-refractivity contribution is 7.91. The van der Waals surface area contributed by atoms with E-state index in [1.54, 1.807) is 50.2 Å². The Labute approximate surface area is 207 Å². The van der Waals surface area contributed by atoms with Gasteiger partial charge >= 0.3 is 0 Å². The number of hydrogen-bond donors (Lipinski definition) is 3. The van der Waals surface area contributed by atoms with Crippen molar-refractivity contribution in [1.82, 2.24) is 15.6 Å². The number of aromatic amines is 1. The van der Waals surface area contributed by atoms with Crippen molar-refractivity contribution in [3.63, 3.8) is 0 Å². The molecule has 182 valence electrons. The molecule has 0 aliphatic rings. The number of carbonyl (C=O) groups is 2. The molecule has 0 saturated carbocycles. The van der Waals surface area contributed by atoms with Crippen LogP contribution in [0.3, 0.4) is 0 Å². The maximum Gasteiger partial charge on any atom is 0.269 e. The summed E-state index contributed by atoms with van der Waals surface area (Å²) in [7, 11) is -4.12. The normalized spacial score (nSPS) is 12.5. The van der Waals surface area contributed by atoms with Gasteiger partial charge in [0.05, 0.1) is 17.7 Å². The van der Waals surface area contributed by atoms with E-state index in [0.717, 1.165) is 11.1 Å². The van der Waals surface area contributed by atoms with Gasteiger partial charge in [0.25, 0.3) is 5.91 Å². The van der Waals surface area contributed by atoms with Crippen molar-refractivity contribution < 1.29 is 22.4 Å². The molecule has 10 heteroatoms. The summed E-state index contributed by atoms with van der Waals surface area (Å²) in [5.74, 6) is -0.625. The lowest BCUT2D eigenvalue weighted by Crippen LogP contribution is -2.44. The number of amides is 2. The number of fused-ring (bicyclic) bond motifs is 1. The van der Waals surface area contributed by atoms with Gasteiger partial charge in [-0.25, -0.2) is 8.42 Å². The van der Waals surface area contributed by atoms with Gasteiger partial charge in [-0.05, 0) is 74.4 Å². The monoisotopic (exact) mass is 513 g/mol. The highest BCUT2D eigenvalue weighted by Crippen LogP contribution is 2.34. The molecule has 0 aliphatic carbocycles. The Bertz CT molecular complexity index is 1500. The van der Waals surface area contributed by atoms with Crippen molar-refractivity contribution >= 4 is 44.2 Å². The standard InChI is InChI=1S/C25H24ClN3O5S/c1-14-9-15(2)11-19(10-14)35(32,33)23-20-12-17(26)6-7-21(20)29-22(23)25(31)28-16(3)24(30)27-13-18-5-4-8-34-18/h4-12,16,29H,13H2,1-3H3,(H,27,30)(H,28,31). The Morgan fingerprint density at radius 1 is 1.09 bits per heavy atom. The van der Waals surface area contributed by atoms with Crippen molar-refractivity contribution in [3.05, 3.63) is 82.4 Å². The Morgan fingerprint density at radius 3 is 2.46 bits per heavy atom. The van der Waals surface area contributed by atoms with Crippen LogP contribution in [0.25, 0.3) is 10.9 Å². The molecule has 3 N–H and O–H groups in total. The first-order valence-corrected chi connectivity index (χ1v) is 12.7. The zero-order valence-corrected chi connectivity index (χ0v) is 20.9. The summed E-state index contributed by atoms with van der Waals surface area (Å²) in [6.07, 6.45) is 1.49. The number of rotatable bonds is 7. The molecule has 2 amide bonds. The Kier molecular flexibility index (Phi) is 6.73. The predicted octanol–water partition coefficient (Wildman–Crippen LogP) is 4.30. The van der Waals surface area contributed by atoms with E-state index in [-0.39, 0.29) is 27.4 Å². The first-order chi connectivity index (χ1) is 16.6. The van der Waals surface area contributed by atoms with Crippen LogP contribution in [0.4, 0.5) is 0 Å². The number of H-pyrrole nitrogens is 1. The van der Waals surface area contributed by atoms with Crippen molar-refractivity contribution in [2.45, 2.75) is 43.1 Å². The largest absolute Gasteiger partial charge is 0.467 e. The van der Waals surface area contributed by atoms with Crippen molar-refractivity contribution in [2.24, 2.45) is 0 Å². The average molecular weight is 514 g/mol. The zero-order valence-electron chi connectivity index (χ0n) is 19.3. The number of hydrogen-bond acceptors (Lipinski definition) is 5. The first kappa shape index (κ1) is 24.6. The van der Waals surface area contributed by atoms with Crippen LogP contribution in [0.15, 0.2) is 69.0 Å². The molecule has 0 radical (unpaired) electrons. The number of nitrogens with one attached hydrogen (secondary N) is 3. The molecule has 4 rings (SSSR count). The third-order valence-corrected chi connectivity index (χ3v) is 7.52. The number of benzene rings is 2. The Hall–Kier alpha value is -3.56. The SMILES string of the molecule is Cc1cc(C)cc(S(=O)(=O)c2c(C(=O)NC(C)C(=O)NCc3ccco3)[nH]c3ccc(Cl)cc23)c1. The van der Waals surface area contributed by atoms with Crippen molar-refractivity contribution in [1.29, 1.82) is 0 Å². The topological polar surface area (TPSA) is 121 Å². The van der Waals surface area contributed by atoms with E-state index in [1.807, 2.05) is 6.07 Å². The summed E-state index contributed by atoms with van der Waals surface area (Å²) in [6, 6.07) is 12.1. The Balaban J connectivity index is 1.70. The zero-order chi connectivity index (χ0) is 25.3. The van der Waals surface area contributed by atoms with Crippen molar-refractivity contribution in [3.8, 4) is 0 Å². The minimum atomic E-state index is -4.12. The highest BCUT2D eigenvalue weighted by Gasteiger charge is 2.31. The molecule has 2 aromatic carbocycles. The summed E-state index contributed by atoms with van der Waals surface area (Å²) in [5.41, 5.74) is 1.80. The molecule has 8 nitrogen and oxygen atoms in total. The molecule has 0 saturated heterocycles. The summed E-state index contributed by atoms with van der Waals surface area (Å²) in [4.78, 5) is 28.5. The van der Waals surface area contributed by atoms with E-state index in [4.69, 9.17) is 16.0 Å². The molecular formula is C25H24ClN3O5S. The molecule has 1 unspecified atom stereocenters. The van der Waals surface area contributed by atoms with Gasteiger partial charge in [0.1, 0.15) is 22.4 Å². The van der Waals surface area contributed by atoms with Crippen LogP contribution in [0.1, 0.15) is 34.3 Å². The number of aromatic nitrogens is 1. The maximum absolute atomic E-state index is 13.8. The Morgan fingerprint density at radius 2 is 1.80 bits per heavy atom. The molecule has 2 heterocycles. The van der Waals surface area contributed by atoms with E-state index >= 15 is 0 Å². The van der Waals surface area contributed by atoms with E-state index < -0.39 is 27.7 Å². The lowest BCUT2D eigenvalue weighted by Gasteiger charge is -2.14. The number of aryl methyl sites for hydroxylation is 2. The predicted molar refractivity (Wildman–Crippen MR) is 132 cm³/mol. The van der Waals surface area contributed by atoms with Crippen LogP contribution in [0.5, 0.6) is 0 Å². The van der Waals surface area contributed by atoms with Crippen LogP contribution in [-0.4, -0.2) is 31.3 Å². The summed E-state index contributed by atoms with van der Waals surface area (Å²) < 4.78 is 32.7. The molecule has 0 aliphatic heterocycles. The number of furan rings is 1. The lowest BCUT2D eigenvalue weighted by atomic mass is 10.2. The van der Waals surface area contributed by atoms with E-state index in [9.17, 15) is 18.0 Å². The van der Waals surface area contributed by atoms with E-state index in [0.29, 0.717) is 16.3 Å². The van der Waals surface area contributed by atoms with E-state index in [2.05, 4.69) is 15.6 Å². The van der Waals surface area contributed by atoms with Crippen LogP contribution in [0.2, 0.25) is 5.02 Å². The molecule has 35 heavy (non-hydrogen) atoms. The van der Waals surface area contributed by atoms with Gasteiger partial charge < -0.3 is 20.0 Å². The highest BCUT2D eigenvalue weighted by atomic mass is 35.5. The first-order valence-electron chi connectivity index (χ1n) is 10.8. The molecule has 4 aromatic rings. The van der Waals surface area contributed by atoms with Crippen LogP contribution >= 0.6 is 11.6 Å². The third kappa shape index (κ3) is 5.11. The number of sulfone groups is 1. The quantitative estimate of drug-likeness (QED) is 0.340. The second-order valence-electron chi connectivity index (χ2n) is 8.34. The molecule has 2 aromatic heterocycles. The smallest absolute Gasteiger partial charge is 0.269 e. The van der Waals surface area contributed by atoms with Gasteiger partial charge in [0, 0.05) is 15.9 Å². The fourth-order valence-corrected chi connectivity index (χ4v) is 5.82. The minimum Gasteiger partial charge on any atom is -0.467 e. The van der Waals surface area contributed by atoms with Crippen LogP contribution in [0, 0.1) is 13.8 Å². The second kappa shape index (κ2) is 9.59. The van der Waals surface area contributed by atoms with Gasteiger partial charge in [0.2, 0.25) is 15.7 Å². The van der Waals surface area contributed by atoms with Crippen molar-refractivity contribution in [2.75, 3.05) is 0 Å². The minimum absolute atomic E-state index is 0.0640. The van der Waals surface area contributed by atoms with Gasteiger partial charge in [-0.2, -0.15) is 0 Å². The summed E-state index contributed by atoms with van der Waals surface area (Å²) in [6.45, 7) is 5.26. The van der Waals surface area contributed by atoms with E-state index in [1.165, 1.54) is 19.3 Å². The van der Waals surface area contributed by atoms with Gasteiger partial charge in [-0.1, -0.05) is 17.7 Å². The summed E-state index contributed by atoms with van der Waals surface area (Å²) >= 11 is 6.16. The molecule has 0 spiro atoms. The van der Waals surface area contributed by atoms with Crippen LogP contribution in [-0.2, 0) is 21.2 Å². The van der Waals surface area contributed by atoms with Gasteiger partial charge in [-0.15, -0.1) is 0 Å². The van der Waals surface area contributed by atoms with Crippen LogP contribution < -0.4 is 10.6 Å².